The van der Waals surface area contributed by atoms with E-state index in [4.69, 9.17) is 4.74 Å². The van der Waals surface area contributed by atoms with Crippen LogP contribution in [-0.2, 0) is 24.2 Å². The van der Waals surface area contributed by atoms with Crippen LogP contribution < -0.4 is 10.1 Å². The van der Waals surface area contributed by atoms with E-state index >= 15 is 0 Å². The minimum absolute atomic E-state index is 0.150. The number of para-hydroxylation sites is 1. The monoisotopic (exact) mass is 523 g/mol. The summed E-state index contributed by atoms with van der Waals surface area (Å²) in [6.45, 7) is 11.5. The molecule has 1 aliphatic carbocycles. The molecular weight excluding hydrogens is 490 g/mol. The summed E-state index contributed by atoms with van der Waals surface area (Å²) in [6, 6.07) is 12.0. The molecule has 1 aliphatic rings. The van der Waals surface area contributed by atoms with Crippen molar-refractivity contribution in [1.29, 1.82) is 5.26 Å². The number of nitriles is 1. The molecule has 1 aromatic carbocycles. The number of ether oxygens (including phenoxy) is 1. The van der Waals surface area contributed by atoms with Crippen molar-refractivity contribution in [3.8, 4) is 11.8 Å². The van der Waals surface area contributed by atoms with Gasteiger partial charge in [-0.3, -0.25) is 4.79 Å². The van der Waals surface area contributed by atoms with E-state index in [9.17, 15) is 10.1 Å². The summed E-state index contributed by atoms with van der Waals surface area (Å²) in [5.41, 5.74) is 1.98. The van der Waals surface area contributed by atoms with Crippen LogP contribution >= 0.6 is 23.1 Å². The molecule has 190 valence electrons. The maximum absolute atomic E-state index is 12.9. The standard InChI is InChI=1S/C27H33N5O2S2/c1-6-32-24(17(2)34-19-10-8-7-9-11-19)30-31-26(32)35-16-23(33)29-25-21(15-28)20-13-12-18(27(3,4)5)14-22(20)36-25/h7-11,17-18H,6,12-14,16H2,1-5H3,(H,29,33)/t17-,18+/m1/s1. The average Bonchev–Trinajstić information content (AvgIpc) is 3.42. The second-order valence-electron chi connectivity index (χ2n) is 10.1. The molecule has 4 rings (SSSR count). The molecular formula is C27H33N5O2S2. The molecule has 2 atom stereocenters. The van der Waals surface area contributed by atoms with E-state index in [1.54, 1.807) is 11.3 Å². The van der Waals surface area contributed by atoms with Crippen molar-refractivity contribution in [3.63, 3.8) is 0 Å². The number of fused-ring (bicyclic) bond motifs is 1. The highest BCUT2D eigenvalue weighted by Crippen LogP contribution is 2.44. The van der Waals surface area contributed by atoms with Gasteiger partial charge in [0.05, 0.1) is 11.3 Å². The summed E-state index contributed by atoms with van der Waals surface area (Å²) < 4.78 is 7.99. The smallest absolute Gasteiger partial charge is 0.235 e. The number of amides is 1. The molecule has 7 nitrogen and oxygen atoms in total. The van der Waals surface area contributed by atoms with E-state index in [1.165, 1.54) is 16.6 Å². The summed E-state index contributed by atoms with van der Waals surface area (Å²) in [5, 5.41) is 22.8. The normalized spacial score (nSPS) is 16.2. The van der Waals surface area contributed by atoms with Gasteiger partial charge in [0.2, 0.25) is 5.91 Å². The number of rotatable bonds is 8. The SMILES string of the molecule is CCn1c(SCC(=O)Nc2sc3c(c2C#N)CC[C@H](C(C)(C)C)C3)nnc1[C@@H](C)Oc1ccccc1. The largest absolute Gasteiger partial charge is 0.483 e. The number of thioether (sulfide) groups is 1. The van der Waals surface area contributed by atoms with Crippen LogP contribution in [-0.4, -0.2) is 26.4 Å². The first kappa shape index (κ1) is 26.2. The third kappa shape index (κ3) is 5.76. The van der Waals surface area contributed by atoms with E-state index in [0.717, 1.165) is 36.4 Å². The molecule has 0 unspecified atom stereocenters. The first-order chi connectivity index (χ1) is 17.2. The van der Waals surface area contributed by atoms with Crippen LogP contribution in [0.1, 0.15) is 69.0 Å². The van der Waals surface area contributed by atoms with E-state index in [-0.39, 0.29) is 23.2 Å². The summed E-state index contributed by atoms with van der Waals surface area (Å²) in [7, 11) is 0. The van der Waals surface area contributed by atoms with E-state index in [2.05, 4.69) is 42.4 Å². The summed E-state index contributed by atoms with van der Waals surface area (Å²) in [5.74, 6) is 2.10. The van der Waals surface area contributed by atoms with Gasteiger partial charge in [0.15, 0.2) is 17.1 Å². The average molecular weight is 524 g/mol. The predicted octanol–water partition coefficient (Wildman–Crippen LogP) is 6.25. The fraction of sp³-hybridized carbons (Fsp3) is 0.481. The molecule has 0 saturated carbocycles. The lowest BCUT2D eigenvalue weighted by atomic mass is 9.72. The van der Waals surface area contributed by atoms with Crippen molar-refractivity contribution in [2.75, 3.05) is 11.1 Å². The van der Waals surface area contributed by atoms with Gasteiger partial charge in [-0.25, -0.2) is 0 Å². The first-order valence-corrected chi connectivity index (χ1v) is 14.1. The van der Waals surface area contributed by atoms with Crippen LogP contribution in [0, 0.1) is 22.7 Å². The van der Waals surface area contributed by atoms with Crippen molar-refractivity contribution >= 4 is 34.0 Å². The lowest BCUT2D eigenvalue weighted by molar-refractivity contribution is -0.113. The van der Waals surface area contributed by atoms with Gasteiger partial charge in [-0.1, -0.05) is 50.7 Å². The van der Waals surface area contributed by atoms with Crippen LogP contribution in [0.15, 0.2) is 35.5 Å². The van der Waals surface area contributed by atoms with E-state index in [1.807, 2.05) is 48.7 Å². The molecule has 1 N–H and O–H groups in total. The van der Waals surface area contributed by atoms with Gasteiger partial charge in [0.1, 0.15) is 16.8 Å². The Labute approximate surface area is 221 Å². The summed E-state index contributed by atoms with van der Waals surface area (Å²) >= 11 is 2.90. The molecule has 0 aliphatic heterocycles. The number of benzene rings is 1. The third-order valence-corrected chi connectivity index (χ3v) is 8.81. The van der Waals surface area contributed by atoms with E-state index in [0.29, 0.717) is 28.2 Å². The molecule has 2 heterocycles. The zero-order valence-corrected chi connectivity index (χ0v) is 23.1. The van der Waals surface area contributed by atoms with Gasteiger partial charge in [-0.05, 0) is 62.1 Å². The van der Waals surface area contributed by atoms with Crippen molar-refractivity contribution in [2.45, 2.75) is 71.7 Å². The van der Waals surface area contributed by atoms with Gasteiger partial charge >= 0.3 is 0 Å². The highest BCUT2D eigenvalue weighted by Gasteiger charge is 2.32. The minimum Gasteiger partial charge on any atom is -0.483 e. The number of carbonyl (C=O) groups excluding carboxylic acids is 1. The van der Waals surface area contributed by atoms with Crippen molar-refractivity contribution in [1.82, 2.24) is 14.8 Å². The fourth-order valence-electron chi connectivity index (χ4n) is 4.58. The first-order valence-electron chi connectivity index (χ1n) is 12.3. The highest BCUT2D eigenvalue weighted by molar-refractivity contribution is 7.99. The van der Waals surface area contributed by atoms with Gasteiger partial charge in [0.25, 0.3) is 0 Å². The number of hydrogen-bond donors (Lipinski definition) is 1. The van der Waals surface area contributed by atoms with Crippen LogP contribution in [0.5, 0.6) is 5.75 Å². The Bertz CT molecular complexity index is 1250. The van der Waals surface area contributed by atoms with Crippen LogP contribution in [0.2, 0.25) is 0 Å². The molecule has 0 bridgehead atoms. The number of hydrogen-bond acceptors (Lipinski definition) is 7. The second kappa shape index (κ2) is 11.1. The Hall–Kier alpha value is -2.83. The van der Waals surface area contributed by atoms with Crippen LogP contribution in [0.25, 0.3) is 0 Å². The Kier molecular flexibility index (Phi) is 8.06. The molecule has 0 spiro atoms. The van der Waals surface area contributed by atoms with E-state index < -0.39 is 0 Å². The zero-order chi connectivity index (χ0) is 25.9. The Morgan fingerprint density at radius 1 is 1.33 bits per heavy atom. The Morgan fingerprint density at radius 2 is 2.08 bits per heavy atom. The molecule has 0 fully saturated rings. The maximum Gasteiger partial charge on any atom is 0.235 e. The maximum atomic E-state index is 12.9. The minimum atomic E-state index is -0.282. The topological polar surface area (TPSA) is 92.8 Å². The second-order valence-corrected chi connectivity index (χ2v) is 12.2. The number of anilines is 1. The van der Waals surface area contributed by atoms with Gasteiger partial charge in [-0.15, -0.1) is 21.5 Å². The molecule has 0 saturated heterocycles. The van der Waals surface area contributed by atoms with Crippen LogP contribution in [0.3, 0.4) is 0 Å². The number of thiophene rings is 1. The molecule has 0 radical (unpaired) electrons. The lowest BCUT2D eigenvalue weighted by Crippen LogP contribution is -2.26. The third-order valence-electron chi connectivity index (χ3n) is 6.67. The molecule has 3 aromatic rings. The number of nitrogens with zero attached hydrogens (tertiary/aromatic N) is 4. The van der Waals surface area contributed by atoms with Crippen molar-refractivity contribution < 1.29 is 9.53 Å². The molecule has 1 amide bonds. The Morgan fingerprint density at radius 3 is 2.75 bits per heavy atom. The predicted molar refractivity (Wildman–Crippen MR) is 145 cm³/mol. The molecule has 9 heteroatoms. The van der Waals surface area contributed by atoms with Gasteiger partial charge < -0.3 is 14.6 Å². The number of carbonyl (C=O) groups is 1. The molecule has 36 heavy (non-hydrogen) atoms. The number of aromatic nitrogens is 3. The highest BCUT2D eigenvalue weighted by atomic mass is 32.2. The summed E-state index contributed by atoms with van der Waals surface area (Å²) in [6.07, 6.45) is 2.66. The van der Waals surface area contributed by atoms with Crippen LogP contribution in [0.4, 0.5) is 5.00 Å². The van der Waals surface area contributed by atoms with Crippen molar-refractivity contribution in [2.24, 2.45) is 11.3 Å². The van der Waals surface area contributed by atoms with Crippen molar-refractivity contribution in [3.05, 3.63) is 52.2 Å². The summed E-state index contributed by atoms with van der Waals surface area (Å²) in [4.78, 5) is 14.1. The van der Waals surface area contributed by atoms with Gasteiger partial charge in [-0.2, -0.15) is 5.26 Å². The Balaban J connectivity index is 1.41. The zero-order valence-electron chi connectivity index (χ0n) is 21.5. The lowest BCUT2D eigenvalue weighted by Gasteiger charge is -2.33. The fourth-order valence-corrected chi connectivity index (χ4v) is 6.69. The number of nitrogens with one attached hydrogen (secondary N) is 1. The van der Waals surface area contributed by atoms with Gasteiger partial charge in [0, 0.05) is 11.4 Å². The quantitative estimate of drug-likeness (QED) is 0.351. The molecule has 2 aromatic heterocycles.